The molecule has 408 valence electrons. The summed E-state index contributed by atoms with van der Waals surface area (Å²) >= 11 is 0. The van der Waals surface area contributed by atoms with Crippen molar-refractivity contribution in [2.75, 3.05) is 99.1 Å². The minimum Gasteiger partial charge on any atom is -0.460 e. The molecule has 69 heavy (non-hydrogen) atoms. The third kappa shape index (κ3) is 41.1. The molecule has 0 N–H and O–H groups in total. The Morgan fingerprint density at radius 2 is 0.406 bits per heavy atom. The van der Waals surface area contributed by atoms with E-state index in [1.54, 1.807) is 6.92 Å². The summed E-state index contributed by atoms with van der Waals surface area (Å²) in [4.78, 5) is 22.5. The molecule has 0 rings (SSSR count). The number of hydrogen-bond acceptors (Lipinski definition) is 18. The van der Waals surface area contributed by atoms with Crippen LogP contribution in [0.15, 0.2) is 25.3 Å². The van der Waals surface area contributed by atoms with Crippen LogP contribution in [0.4, 0.5) is 0 Å². The monoisotopic (exact) mass is 997 g/mol. The lowest BCUT2D eigenvalue weighted by molar-refractivity contribution is -0.147. The van der Waals surface area contributed by atoms with E-state index < -0.39 is 11.9 Å². The predicted molar refractivity (Wildman–Crippen MR) is 263 cm³/mol. The van der Waals surface area contributed by atoms with Gasteiger partial charge in [0.25, 0.3) is 0 Å². The number of carbonyl (C=O) groups excluding carboxylic acids is 2. The molecule has 0 aliphatic rings. The van der Waals surface area contributed by atoms with E-state index in [-0.39, 0.29) is 105 Å². The third-order valence-electron chi connectivity index (χ3n) is 9.73. The summed E-state index contributed by atoms with van der Waals surface area (Å²) < 4.78 is 92.7. The fourth-order valence-corrected chi connectivity index (χ4v) is 5.41. The molecule has 0 aromatic rings. The van der Waals surface area contributed by atoms with Crippen molar-refractivity contribution in [1.82, 2.24) is 0 Å². The van der Waals surface area contributed by atoms with Gasteiger partial charge in [0, 0.05) is 12.2 Å². The van der Waals surface area contributed by atoms with Crippen LogP contribution in [0, 0.1) is 0 Å². The molecule has 0 aliphatic carbocycles. The lowest BCUT2D eigenvalue weighted by Gasteiger charge is -2.23. The van der Waals surface area contributed by atoms with E-state index in [2.05, 4.69) is 13.2 Å². The summed E-state index contributed by atoms with van der Waals surface area (Å²) in [7, 11) is 0. The fraction of sp³-hybridized carbons (Fsp3) is 0.882. The zero-order chi connectivity index (χ0) is 52.1. The Balaban J connectivity index is 4.01. The first-order valence-corrected chi connectivity index (χ1v) is 24.9. The van der Waals surface area contributed by atoms with Gasteiger partial charge >= 0.3 is 11.9 Å². The molecule has 0 amide bonds. The molecule has 0 aliphatic heterocycles. The van der Waals surface area contributed by atoms with Crippen molar-refractivity contribution < 1.29 is 85.4 Å². The summed E-state index contributed by atoms with van der Waals surface area (Å²) in [6, 6.07) is 0. The van der Waals surface area contributed by atoms with Crippen LogP contribution in [-0.2, 0) is 85.4 Å². The topological polar surface area (TPSA) is 182 Å². The molecule has 15 atom stereocenters. The van der Waals surface area contributed by atoms with Crippen molar-refractivity contribution in [2.24, 2.45) is 0 Å². The van der Waals surface area contributed by atoms with Crippen LogP contribution in [0.2, 0.25) is 0 Å². The molecular weight excluding hydrogens is 901 g/mol. The molecule has 15 unspecified atom stereocenters. The Bertz CT molecular complexity index is 1280. The first kappa shape index (κ1) is 66.9. The van der Waals surface area contributed by atoms with E-state index in [9.17, 15) is 9.59 Å². The first-order valence-electron chi connectivity index (χ1n) is 24.9. The van der Waals surface area contributed by atoms with Gasteiger partial charge in [-0.25, -0.2) is 9.59 Å². The smallest absolute Gasteiger partial charge is 0.330 e. The van der Waals surface area contributed by atoms with Gasteiger partial charge in [0.2, 0.25) is 0 Å². The maximum absolute atomic E-state index is 11.3. The van der Waals surface area contributed by atoms with Crippen LogP contribution in [0.3, 0.4) is 0 Å². The van der Waals surface area contributed by atoms with Crippen LogP contribution in [0.5, 0.6) is 0 Å². The van der Waals surface area contributed by atoms with E-state index in [0.717, 1.165) is 12.2 Å². The Kier molecular flexibility index (Phi) is 40.1. The highest BCUT2D eigenvalue weighted by Gasteiger charge is 2.18. The highest BCUT2D eigenvalue weighted by Crippen LogP contribution is 2.09. The van der Waals surface area contributed by atoms with Gasteiger partial charge in [-0.15, -0.1) is 0 Å². The minimum absolute atomic E-state index is 0.119. The van der Waals surface area contributed by atoms with Gasteiger partial charge in [-0.05, 0) is 104 Å². The molecule has 0 saturated carbocycles. The quantitative estimate of drug-likeness (QED) is 0.0475. The molecule has 0 bridgehead atoms. The zero-order valence-corrected chi connectivity index (χ0v) is 45.2. The van der Waals surface area contributed by atoms with Crippen LogP contribution >= 0.6 is 0 Å². The lowest BCUT2D eigenvalue weighted by Crippen LogP contribution is -2.31. The molecule has 0 saturated heterocycles. The van der Waals surface area contributed by atoms with Crippen LogP contribution < -0.4 is 0 Å². The Morgan fingerprint density at radius 1 is 0.261 bits per heavy atom. The lowest BCUT2D eigenvalue weighted by atomic mass is 10.3. The van der Waals surface area contributed by atoms with Gasteiger partial charge < -0.3 is 75.8 Å². The van der Waals surface area contributed by atoms with Gasteiger partial charge in [0.05, 0.1) is 178 Å². The highest BCUT2D eigenvalue weighted by atomic mass is 16.6. The third-order valence-corrected chi connectivity index (χ3v) is 9.73. The molecule has 0 aromatic carbocycles. The van der Waals surface area contributed by atoms with Gasteiger partial charge in [0.15, 0.2) is 0 Å². The standard InChI is InChI=1S/C51H96O18/c1-18-50(52)68-33-48(16)66-31-46(14)64-29-44(12)62-27-42(10)60-25-40(8)58-23-38(6)56-21-36(4)54-20-35(3)55-22-37(5)57-24-39(7)59-26-41(9)61-28-43(11)63-30-45(13)65-32-47(15)67-34-49(17)69-51(53)19-2/h18-19,35-49H,1-2,20-34H2,3-17H3. The van der Waals surface area contributed by atoms with Gasteiger partial charge in [0.1, 0.15) is 12.7 Å². The number of ether oxygens (including phenoxy) is 16. The van der Waals surface area contributed by atoms with Gasteiger partial charge in [-0.3, -0.25) is 0 Å². The van der Waals surface area contributed by atoms with E-state index in [0.29, 0.717) is 85.9 Å². The average molecular weight is 997 g/mol. The molecule has 0 aromatic heterocycles. The van der Waals surface area contributed by atoms with E-state index in [1.165, 1.54) is 0 Å². The van der Waals surface area contributed by atoms with Crippen molar-refractivity contribution in [1.29, 1.82) is 0 Å². The molecule has 18 heteroatoms. The van der Waals surface area contributed by atoms with Crippen LogP contribution in [-0.4, -0.2) is 203 Å². The number of esters is 2. The number of hydrogen-bond donors (Lipinski definition) is 0. The molecule has 0 fully saturated rings. The van der Waals surface area contributed by atoms with E-state index >= 15 is 0 Å². The van der Waals surface area contributed by atoms with Crippen molar-refractivity contribution in [3.05, 3.63) is 25.3 Å². The number of rotatable bonds is 47. The van der Waals surface area contributed by atoms with Crippen molar-refractivity contribution in [2.45, 2.75) is 195 Å². The second-order valence-corrected chi connectivity index (χ2v) is 18.3. The Morgan fingerprint density at radius 3 is 0.565 bits per heavy atom. The average Bonchev–Trinajstić information content (AvgIpc) is 3.33. The zero-order valence-electron chi connectivity index (χ0n) is 45.2. The molecule has 18 nitrogen and oxygen atoms in total. The maximum Gasteiger partial charge on any atom is 0.330 e. The summed E-state index contributed by atoms with van der Waals surface area (Å²) in [5.74, 6) is -0.946. The van der Waals surface area contributed by atoms with Crippen molar-refractivity contribution in [3.8, 4) is 0 Å². The molecule has 0 spiro atoms. The normalized spacial score (nSPS) is 18.5. The van der Waals surface area contributed by atoms with E-state index in [1.807, 2.05) is 96.9 Å². The van der Waals surface area contributed by atoms with E-state index in [4.69, 9.17) is 75.8 Å². The predicted octanol–water partition coefficient (Wildman–Crippen LogP) is 6.50. The first-order chi connectivity index (χ1) is 32.6. The summed E-state index contributed by atoms with van der Waals surface area (Å²) in [5, 5.41) is 0. The van der Waals surface area contributed by atoms with Crippen LogP contribution in [0.1, 0.15) is 104 Å². The van der Waals surface area contributed by atoms with Gasteiger partial charge in [-0.1, -0.05) is 13.2 Å². The second kappa shape index (κ2) is 41.3. The Labute approximate surface area is 416 Å². The van der Waals surface area contributed by atoms with Crippen molar-refractivity contribution in [3.63, 3.8) is 0 Å². The second-order valence-electron chi connectivity index (χ2n) is 18.3. The molecule has 0 radical (unpaired) electrons. The van der Waals surface area contributed by atoms with Gasteiger partial charge in [-0.2, -0.15) is 0 Å². The Hall–Kier alpha value is -2.14. The van der Waals surface area contributed by atoms with Crippen LogP contribution in [0.25, 0.3) is 0 Å². The highest BCUT2D eigenvalue weighted by molar-refractivity contribution is 5.81. The maximum atomic E-state index is 11.3. The largest absolute Gasteiger partial charge is 0.460 e. The molecular formula is C51H96O18. The number of carbonyl (C=O) groups is 2. The fourth-order valence-electron chi connectivity index (χ4n) is 5.41. The SMILES string of the molecule is C=CC(=O)OCC(C)OCC(C)OCC(C)OCC(C)OCC(C)OCC(C)OCC(C)OCC(C)OCC(C)OCC(C)OCC(C)OCC(C)OCC(C)OCC(C)OCC(C)OC(=O)C=C. The van der Waals surface area contributed by atoms with Crippen molar-refractivity contribution >= 4 is 11.9 Å². The summed E-state index contributed by atoms with van der Waals surface area (Å²) in [6.45, 7) is 41.6. The summed E-state index contributed by atoms with van der Waals surface area (Å²) in [6.07, 6.45) is -0.00234. The molecule has 0 heterocycles. The summed E-state index contributed by atoms with van der Waals surface area (Å²) in [5.41, 5.74) is 0. The minimum atomic E-state index is -0.473.